The molecule has 3 aromatic rings. The van der Waals surface area contributed by atoms with Crippen LogP contribution in [-0.2, 0) is 11.3 Å². The van der Waals surface area contributed by atoms with Gasteiger partial charge in [0.15, 0.2) is 11.5 Å². The van der Waals surface area contributed by atoms with E-state index in [1.54, 1.807) is 31.4 Å². The summed E-state index contributed by atoms with van der Waals surface area (Å²) < 4.78 is 21.2. The normalized spacial score (nSPS) is 12.5. The van der Waals surface area contributed by atoms with Gasteiger partial charge in [-0.3, -0.25) is 10.1 Å². The van der Waals surface area contributed by atoms with Gasteiger partial charge in [0.25, 0.3) is 5.69 Å². The van der Waals surface area contributed by atoms with Crippen molar-refractivity contribution in [2.24, 2.45) is 0 Å². The molecule has 10 heteroatoms. The first kappa shape index (κ1) is 19.7. The lowest BCUT2D eigenvalue weighted by atomic mass is 10.1. The van der Waals surface area contributed by atoms with E-state index in [0.29, 0.717) is 16.8 Å². The number of esters is 1. The summed E-state index contributed by atoms with van der Waals surface area (Å²) in [5.41, 5.74) is 0.415. The van der Waals surface area contributed by atoms with Crippen molar-refractivity contribution in [2.75, 3.05) is 20.3 Å². The second-order valence-corrected chi connectivity index (χ2v) is 6.70. The third-order valence-electron chi connectivity index (χ3n) is 4.49. The fourth-order valence-corrected chi connectivity index (χ4v) is 3.21. The number of rotatable bonds is 5. The van der Waals surface area contributed by atoms with Gasteiger partial charge in [0.2, 0.25) is 0 Å². The molecule has 1 aromatic heterocycles. The Labute approximate surface area is 175 Å². The Morgan fingerprint density at radius 2 is 1.93 bits per heavy atom. The monoisotopic (exact) mass is 430 g/mol. The maximum atomic E-state index is 12.6. The summed E-state index contributed by atoms with van der Waals surface area (Å²) >= 11 is 6.22. The number of nitro benzene ring substituents is 1. The summed E-state index contributed by atoms with van der Waals surface area (Å²) in [6.45, 7) is 0.341. The summed E-state index contributed by atoms with van der Waals surface area (Å²) in [5.74, 6) is 0.209. The Hall–Kier alpha value is -3.59. The maximum Gasteiger partial charge on any atom is 0.345 e. The third-order valence-corrected chi connectivity index (χ3v) is 4.81. The van der Waals surface area contributed by atoms with E-state index < -0.39 is 16.6 Å². The molecule has 0 spiro atoms. The first-order chi connectivity index (χ1) is 14.5. The topological polar surface area (TPSA) is 110 Å². The van der Waals surface area contributed by atoms with E-state index in [4.69, 9.17) is 30.5 Å². The number of fused-ring (bicyclic) bond motifs is 2. The molecule has 9 nitrogen and oxygen atoms in total. The van der Waals surface area contributed by atoms with Crippen molar-refractivity contribution in [3.8, 4) is 17.2 Å². The average Bonchev–Trinajstić information content (AvgIpc) is 2.76. The molecule has 30 heavy (non-hydrogen) atoms. The Morgan fingerprint density at radius 3 is 2.63 bits per heavy atom. The van der Waals surface area contributed by atoms with Gasteiger partial charge in [-0.25, -0.2) is 9.78 Å². The van der Waals surface area contributed by atoms with Crippen molar-refractivity contribution in [3.63, 3.8) is 0 Å². The quantitative estimate of drug-likeness (QED) is 0.259. The molecule has 0 unspecified atom stereocenters. The van der Waals surface area contributed by atoms with Crippen LogP contribution < -0.4 is 14.2 Å². The molecule has 0 aliphatic carbocycles. The molecular formula is C20H15ClN2O7. The molecule has 4 rings (SSSR count). The number of carbonyl (C=O) groups is 1. The average molecular weight is 431 g/mol. The summed E-state index contributed by atoms with van der Waals surface area (Å²) in [7, 11) is 1.55. The lowest BCUT2D eigenvalue weighted by Crippen LogP contribution is -2.17. The highest BCUT2D eigenvalue weighted by atomic mass is 35.5. The Morgan fingerprint density at radius 1 is 1.20 bits per heavy atom. The predicted octanol–water partition coefficient (Wildman–Crippen LogP) is 3.93. The van der Waals surface area contributed by atoms with Gasteiger partial charge in [0, 0.05) is 23.1 Å². The van der Waals surface area contributed by atoms with Gasteiger partial charge in [0.1, 0.15) is 36.3 Å². The third kappa shape index (κ3) is 3.79. The molecular weight excluding hydrogens is 416 g/mol. The summed E-state index contributed by atoms with van der Waals surface area (Å²) in [5, 5.41) is 12.3. The van der Waals surface area contributed by atoms with Crippen LogP contribution in [0.5, 0.6) is 17.2 Å². The molecule has 0 amide bonds. The molecule has 2 heterocycles. The van der Waals surface area contributed by atoms with E-state index in [1.165, 1.54) is 6.07 Å². The van der Waals surface area contributed by atoms with Crippen LogP contribution in [0.25, 0.3) is 10.9 Å². The number of ether oxygens (including phenoxy) is 4. The summed E-state index contributed by atoms with van der Waals surface area (Å²) in [6.07, 6.45) is 0. The lowest BCUT2D eigenvalue weighted by Gasteiger charge is -2.18. The molecule has 2 aromatic carbocycles. The van der Waals surface area contributed by atoms with E-state index in [2.05, 4.69) is 4.98 Å². The zero-order chi connectivity index (χ0) is 21.3. The van der Waals surface area contributed by atoms with Crippen molar-refractivity contribution in [1.82, 2.24) is 4.98 Å². The van der Waals surface area contributed by atoms with E-state index in [-0.39, 0.29) is 42.0 Å². The fraction of sp³-hybridized carbons (Fsp3) is 0.200. The number of benzene rings is 2. The first-order valence-corrected chi connectivity index (χ1v) is 9.22. The number of methoxy groups -OCH3 is 1. The number of hydrogen-bond donors (Lipinski definition) is 0. The number of nitro groups is 1. The molecule has 1 aliphatic heterocycles. The van der Waals surface area contributed by atoms with Crippen molar-refractivity contribution >= 4 is 34.2 Å². The minimum atomic E-state index is -0.885. The zero-order valence-corrected chi connectivity index (χ0v) is 16.5. The largest absolute Gasteiger partial charge is 0.497 e. The van der Waals surface area contributed by atoms with Gasteiger partial charge in [0.05, 0.1) is 23.6 Å². The van der Waals surface area contributed by atoms with Gasteiger partial charge in [-0.15, -0.1) is 0 Å². The molecule has 0 N–H and O–H groups in total. The molecule has 0 bridgehead atoms. The van der Waals surface area contributed by atoms with Crippen molar-refractivity contribution in [3.05, 3.63) is 62.8 Å². The highest BCUT2D eigenvalue weighted by Gasteiger charge is 2.27. The first-order valence-electron chi connectivity index (χ1n) is 8.84. The van der Waals surface area contributed by atoms with Gasteiger partial charge in [-0.05, 0) is 18.2 Å². The standard InChI is InChI=1S/C20H15ClN2O7/c1-27-13-3-2-11-6-12(19(21)22-15(11)7-13)10-30-20(24)14-8-17-18(29-5-4-28-17)9-16(14)23(25)26/h2-3,6-9H,4-5,10H2,1H3. The molecule has 0 radical (unpaired) electrons. The van der Waals surface area contributed by atoms with Crippen LogP contribution >= 0.6 is 11.6 Å². The molecule has 1 aliphatic rings. The number of nitrogens with zero attached hydrogens (tertiary/aromatic N) is 2. The van der Waals surface area contributed by atoms with Crippen LogP contribution in [0.2, 0.25) is 5.15 Å². The van der Waals surface area contributed by atoms with E-state index in [0.717, 1.165) is 11.5 Å². The maximum absolute atomic E-state index is 12.6. The highest BCUT2D eigenvalue weighted by Crippen LogP contribution is 2.37. The smallest absolute Gasteiger partial charge is 0.345 e. The number of halogens is 1. The van der Waals surface area contributed by atoms with Gasteiger partial charge in [-0.2, -0.15) is 0 Å². The highest BCUT2D eigenvalue weighted by molar-refractivity contribution is 6.30. The molecule has 0 saturated heterocycles. The molecule has 0 saturated carbocycles. The molecule has 0 atom stereocenters. The summed E-state index contributed by atoms with van der Waals surface area (Å²) in [6, 6.07) is 9.44. The fourth-order valence-electron chi connectivity index (χ4n) is 3.01. The van der Waals surface area contributed by atoms with Crippen LogP contribution in [0.3, 0.4) is 0 Å². The van der Waals surface area contributed by atoms with Crippen LogP contribution in [0, 0.1) is 10.1 Å². The van der Waals surface area contributed by atoms with Crippen molar-refractivity contribution in [1.29, 1.82) is 0 Å². The van der Waals surface area contributed by atoms with Gasteiger partial charge in [-0.1, -0.05) is 11.6 Å². The Balaban J connectivity index is 1.59. The van der Waals surface area contributed by atoms with Crippen LogP contribution in [-0.4, -0.2) is 36.2 Å². The second-order valence-electron chi connectivity index (χ2n) is 6.34. The van der Waals surface area contributed by atoms with Gasteiger partial charge >= 0.3 is 5.97 Å². The Bertz CT molecular complexity index is 1170. The minimum absolute atomic E-state index is 0.153. The van der Waals surface area contributed by atoms with E-state index in [1.807, 2.05) is 0 Å². The SMILES string of the molecule is COc1ccc2cc(COC(=O)c3cc4c(cc3[N+](=O)[O-])OCCO4)c(Cl)nc2c1. The van der Waals surface area contributed by atoms with Crippen LogP contribution in [0.4, 0.5) is 5.69 Å². The lowest BCUT2D eigenvalue weighted by molar-refractivity contribution is -0.385. The summed E-state index contributed by atoms with van der Waals surface area (Å²) in [4.78, 5) is 27.6. The second kappa shape index (κ2) is 8.03. The van der Waals surface area contributed by atoms with Gasteiger partial charge < -0.3 is 18.9 Å². The van der Waals surface area contributed by atoms with E-state index >= 15 is 0 Å². The number of carbonyl (C=O) groups excluding carboxylic acids is 1. The Kier molecular flexibility index (Phi) is 5.28. The van der Waals surface area contributed by atoms with Crippen LogP contribution in [0.15, 0.2) is 36.4 Å². The van der Waals surface area contributed by atoms with Crippen molar-refractivity contribution in [2.45, 2.75) is 6.61 Å². The van der Waals surface area contributed by atoms with Crippen molar-refractivity contribution < 1.29 is 28.7 Å². The predicted molar refractivity (Wildman–Crippen MR) is 107 cm³/mol. The van der Waals surface area contributed by atoms with E-state index in [9.17, 15) is 14.9 Å². The number of pyridine rings is 1. The number of hydrogen-bond acceptors (Lipinski definition) is 8. The molecule has 154 valence electrons. The minimum Gasteiger partial charge on any atom is -0.497 e. The zero-order valence-electron chi connectivity index (χ0n) is 15.7. The number of aromatic nitrogens is 1. The molecule has 0 fully saturated rings. The van der Waals surface area contributed by atoms with Crippen LogP contribution in [0.1, 0.15) is 15.9 Å².